The molecule has 1 atom stereocenters. The Morgan fingerprint density at radius 3 is 2.43 bits per heavy atom. The van der Waals surface area contributed by atoms with Gasteiger partial charge in [-0.1, -0.05) is 18.2 Å². The number of aliphatic carboxylic acids is 1. The zero-order chi connectivity index (χ0) is 16.8. The van der Waals surface area contributed by atoms with E-state index in [1.165, 1.54) is 0 Å². The molecule has 1 aliphatic heterocycles. The molecule has 1 aromatic carbocycles. The molecule has 1 saturated heterocycles. The van der Waals surface area contributed by atoms with Crippen LogP contribution in [0.3, 0.4) is 0 Å². The van der Waals surface area contributed by atoms with E-state index in [1.807, 2.05) is 32.0 Å². The summed E-state index contributed by atoms with van der Waals surface area (Å²) >= 11 is 0. The van der Waals surface area contributed by atoms with E-state index in [9.17, 15) is 14.7 Å². The van der Waals surface area contributed by atoms with Gasteiger partial charge in [0.1, 0.15) is 0 Å². The van der Waals surface area contributed by atoms with Gasteiger partial charge < -0.3 is 15.2 Å². The normalized spacial score (nSPS) is 16.8. The molecule has 1 aromatic rings. The molecular weight excluding hydrogens is 294 g/mol. The summed E-state index contributed by atoms with van der Waals surface area (Å²) in [6, 6.07) is 5.94. The first-order valence-corrected chi connectivity index (χ1v) is 8.11. The average molecular weight is 319 g/mol. The zero-order valence-electron chi connectivity index (χ0n) is 13.8. The van der Waals surface area contributed by atoms with E-state index in [4.69, 9.17) is 4.74 Å². The van der Waals surface area contributed by atoms with Gasteiger partial charge in [0.2, 0.25) is 5.91 Å². The van der Waals surface area contributed by atoms with Crippen molar-refractivity contribution in [3.05, 3.63) is 34.9 Å². The second-order valence-electron chi connectivity index (χ2n) is 6.25. The number of carbonyl (C=O) groups is 2. The van der Waals surface area contributed by atoms with E-state index in [-0.39, 0.29) is 18.4 Å². The van der Waals surface area contributed by atoms with Crippen LogP contribution < -0.4 is 5.32 Å². The summed E-state index contributed by atoms with van der Waals surface area (Å²) in [6.45, 7) is 5.36. The highest BCUT2D eigenvalue weighted by Crippen LogP contribution is 2.24. The molecule has 0 spiro atoms. The van der Waals surface area contributed by atoms with E-state index in [0.29, 0.717) is 19.6 Å². The molecule has 126 valence electrons. The van der Waals surface area contributed by atoms with Crippen molar-refractivity contribution in [3.8, 4) is 0 Å². The summed E-state index contributed by atoms with van der Waals surface area (Å²) in [7, 11) is 0. The lowest BCUT2D eigenvalue weighted by atomic mass is 9.86. The Hall–Kier alpha value is -1.88. The SMILES string of the molecule is Cc1cccc(C)c1CC(=O)NCC(C(=O)O)C1CCOCC1. The Kier molecular flexibility index (Phi) is 6.16. The lowest BCUT2D eigenvalue weighted by Gasteiger charge is -2.27. The number of rotatable bonds is 6. The largest absolute Gasteiger partial charge is 0.481 e. The number of amides is 1. The molecule has 0 aromatic heterocycles. The summed E-state index contributed by atoms with van der Waals surface area (Å²) in [5.41, 5.74) is 3.18. The smallest absolute Gasteiger partial charge is 0.308 e. The number of carbonyl (C=O) groups excluding carboxylic acids is 1. The summed E-state index contributed by atoms with van der Waals surface area (Å²) in [4.78, 5) is 23.7. The standard InChI is InChI=1S/C18H25NO4/c1-12-4-3-5-13(2)15(12)10-17(20)19-11-16(18(21)22)14-6-8-23-9-7-14/h3-5,14,16H,6-11H2,1-2H3,(H,19,20)(H,21,22). The lowest BCUT2D eigenvalue weighted by molar-refractivity contribution is -0.144. The maximum Gasteiger partial charge on any atom is 0.308 e. The van der Waals surface area contributed by atoms with Crippen LogP contribution in [0.1, 0.15) is 29.5 Å². The van der Waals surface area contributed by atoms with E-state index in [0.717, 1.165) is 29.5 Å². The van der Waals surface area contributed by atoms with Crippen LogP contribution in [-0.4, -0.2) is 36.7 Å². The second-order valence-corrected chi connectivity index (χ2v) is 6.25. The highest BCUT2D eigenvalue weighted by Gasteiger charge is 2.30. The first-order valence-electron chi connectivity index (χ1n) is 8.11. The maximum absolute atomic E-state index is 12.2. The molecule has 1 aliphatic rings. The second kappa shape index (κ2) is 8.11. The third kappa shape index (κ3) is 4.79. The molecule has 0 bridgehead atoms. The minimum Gasteiger partial charge on any atom is -0.481 e. The van der Waals surface area contributed by atoms with Gasteiger partial charge in [-0.3, -0.25) is 9.59 Å². The maximum atomic E-state index is 12.2. The van der Waals surface area contributed by atoms with E-state index < -0.39 is 11.9 Å². The van der Waals surface area contributed by atoms with Gasteiger partial charge in [-0.05, 0) is 49.3 Å². The molecule has 1 heterocycles. The number of carboxylic acids is 1. The fraction of sp³-hybridized carbons (Fsp3) is 0.556. The van der Waals surface area contributed by atoms with Crippen LogP contribution in [0.4, 0.5) is 0 Å². The summed E-state index contributed by atoms with van der Waals surface area (Å²) in [6.07, 6.45) is 1.77. The number of carboxylic acid groups (broad SMARTS) is 1. The molecule has 1 amide bonds. The van der Waals surface area contributed by atoms with Crippen molar-refractivity contribution in [1.29, 1.82) is 0 Å². The van der Waals surface area contributed by atoms with Crippen LogP contribution in [0, 0.1) is 25.7 Å². The fourth-order valence-corrected chi connectivity index (χ4v) is 3.15. The zero-order valence-corrected chi connectivity index (χ0v) is 13.8. The molecule has 2 rings (SSSR count). The Balaban J connectivity index is 1.92. The molecule has 1 fully saturated rings. The summed E-state index contributed by atoms with van der Waals surface area (Å²) in [5.74, 6) is -1.44. The van der Waals surface area contributed by atoms with Crippen molar-refractivity contribution in [2.75, 3.05) is 19.8 Å². The third-order valence-electron chi connectivity index (χ3n) is 4.65. The van der Waals surface area contributed by atoms with Crippen molar-refractivity contribution in [1.82, 2.24) is 5.32 Å². The molecule has 0 saturated carbocycles. The van der Waals surface area contributed by atoms with Gasteiger partial charge in [0, 0.05) is 19.8 Å². The fourth-order valence-electron chi connectivity index (χ4n) is 3.15. The molecule has 0 radical (unpaired) electrons. The van der Waals surface area contributed by atoms with Crippen LogP contribution in [0.15, 0.2) is 18.2 Å². The third-order valence-corrected chi connectivity index (χ3v) is 4.65. The van der Waals surface area contributed by atoms with Crippen LogP contribution in [0.5, 0.6) is 0 Å². The van der Waals surface area contributed by atoms with Crippen LogP contribution in [-0.2, 0) is 20.7 Å². The van der Waals surface area contributed by atoms with Crippen molar-refractivity contribution in [3.63, 3.8) is 0 Å². The Labute approximate surface area is 137 Å². The number of hydrogen-bond donors (Lipinski definition) is 2. The van der Waals surface area contributed by atoms with Gasteiger partial charge in [-0.2, -0.15) is 0 Å². The minimum atomic E-state index is -0.843. The van der Waals surface area contributed by atoms with Crippen LogP contribution in [0.25, 0.3) is 0 Å². The summed E-state index contributed by atoms with van der Waals surface area (Å²) in [5, 5.41) is 12.2. The van der Waals surface area contributed by atoms with Crippen LogP contribution >= 0.6 is 0 Å². The molecule has 5 heteroatoms. The van der Waals surface area contributed by atoms with Gasteiger partial charge in [0.05, 0.1) is 12.3 Å². The Morgan fingerprint density at radius 2 is 1.87 bits per heavy atom. The number of aryl methyl sites for hydroxylation is 2. The summed E-state index contributed by atoms with van der Waals surface area (Å²) < 4.78 is 5.28. The van der Waals surface area contributed by atoms with Gasteiger partial charge >= 0.3 is 5.97 Å². The first-order chi connectivity index (χ1) is 11.0. The van der Waals surface area contributed by atoms with Crippen LogP contribution in [0.2, 0.25) is 0 Å². The van der Waals surface area contributed by atoms with Crippen molar-refractivity contribution < 1.29 is 19.4 Å². The number of hydrogen-bond acceptors (Lipinski definition) is 3. The predicted molar refractivity (Wildman–Crippen MR) is 87.3 cm³/mol. The first kappa shape index (κ1) is 17.5. The molecule has 5 nitrogen and oxygen atoms in total. The Morgan fingerprint density at radius 1 is 1.26 bits per heavy atom. The monoisotopic (exact) mass is 319 g/mol. The molecule has 2 N–H and O–H groups in total. The van der Waals surface area contributed by atoms with E-state index in [2.05, 4.69) is 5.32 Å². The molecule has 1 unspecified atom stereocenters. The number of benzene rings is 1. The van der Waals surface area contributed by atoms with E-state index in [1.54, 1.807) is 0 Å². The quantitative estimate of drug-likeness (QED) is 0.842. The molecular formula is C18H25NO4. The molecule has 0 aliphatic carbocycles. The van der Waals surface area contributed by atoms with Crippen molar-refractivity contribution in [2.45, 2.75) is 33.1 Å². The van der Waals surface area contributed by atoms with Crippen molar-refractivity contribution in [2.24, 2.45) is 11.8 Å². The predicted octanol–water partition coefficient (Wildman–Crippen LogP) is 2.09. The van der Waals surface area contributed by atoms with E-state index >= 15 is 0 Å². The highest BCUT2D eigenvalue weighted by atomic mass is 16.5. The average Bonchev–Trinajstić information content (AvgIpc) is 2.52. The van der Waals surface area contributed by atoms with Crippen molar-refractivity contribution >= 4 is 11.9 Å². The topological polar surface area (TPSA) is 75.6 Å². The number of ether oxygens (including phenoxy) is 1. The minimum absolute atomic E-state index is 0.0711. The molecule has 23 heavy (non-hydrogen) atoms. The van der Waals surface area contributed by atoms with Gasteiger partial charge in [-0.15, -0.1) is 0 Å². The highest BCUT2D eigenvalue weighted by molar-refractivity contribution is 5.80. The lowest BCUT2D eigenvalue weighted by Crippen LogP contribution is -2.39. The Bertz CT molecular complexity index is 544. The number of nitrogens with one attached hydrogen (secondary N) is 1. The van der Waals surface area contributed by atoms with Gasteiger partial charge in [-0.25, -0.2) is 0 Å². The van der Waals surface area contributed by atoms with Gasteiger partial charge in [0.15, 0.2) is 0 Å². The van der Waals surface area contributed by atoms with Gasteiger partial charge in [0.25, 0.3) is 0 Å².